The van der Waals surface area contributed by atoms with Gasteiger partial charge in [0.1, 0.15) is 0 Å². The van der Waals surface area contributed by atoms with E-state index in [1.807, 2.05) is 0 Å². The second kappa shape index (κ2) is 6.02. The van der Waals surface area contributed by atoms with Crippen molar-refractivity contribution in [1.82, 2.24) is 4.98 Å². The second-order valence-electron chi connectivity index (χ2n) is 4.52. The van der Waals surface area contributed by atoms with Gasteiger partial charge in [-0.15, -0.1) is 12.4 Å². The van der Waals surface area contributed by atoms with Crippen LogP contribution in [0.25, 0.3) is 0 Å². The summed E-state index contributed by atoms with van der Waals surface area (Å²) in [7, 11) is 0. The first-order chi connectivity index (χ1) is 8.18. The van der Waals surface area contributed by atoms with E-state index in [0.29, 0.717) is 6.54 Å². The minimum atomic E-state index is -0.482. The Morgan fingerprint density at radius 1 is 1.50 bits per heavy atom. The molecule has 2 rings (SSSR count). The molecule has 0 atom stereocenters. The molecule has 1 heterocycles. The normalized spacial score (nSPS) is 16.9. The van der Waals surface area contributed by atoms with Crippen LogP contribution in [-0.2, 0) is 4.79 Å². The van der Waals surface area contributed by atoms with Crippen molar-refractivity contribution in [1.29, 1.82) is 0 Å². The lowest BCUT2D eigenvalue weighted by Crippen LogP contribution is -2.40. The molecule has 0 radical (unpaired) electrons. The topological polar surface area (TPSA) is 88.2 Å². The quantitative estimate of drug-likeness (QED) is 0.780. The van der Waals surface area contributed by atoms with Gasteiger partial charge in [-0.2, -0.15) is 0 Å². The minimum Gasteiger partial charge on any atom is -0.504 e. The molecule has 1 aliphatic rings. The summed E-state index contributed by atoms with van der Waals surface area (Å²) in [5.41, 5.74) is 5.24. The predicted octanol–water partition coefficient (Wildman–Crippen LogP) is 1.67. The highest BCUT2D eigenvalue weighted by Gasteiger charge is 2.40. The number of carbonyl (C=O) groups is 1. The summed E-state index contributed by atoms with van der Waals surface area (Å²) in [6, 6.07) is 3.10. The summed E-state index contributed by atoms with van der Waals surface area (Å²) >= 11 is 0. The van der Waals surface area contributed by atoms with Gasteiger partial charge in [0.05, 0.1) is 5.41 Å². The number of nitrogens with two attached hydrogens (primary N) is 1. The van der Waals surface area contributed by atoms with E-state index in [1.54, 1.807) is 6.07 Å². The molecule has 0 saturated heterocycles. The molecular formula is C12H18ClN3O2. The number of aromatic hydroxyl groups is 1. The number of hydrogen-bond donors (Lipinski definition) is 3. The number of nitrogens with one attached hydrogen (secondary N) is 1. The SMILES string of the molecule is Cl.NCC1(C(=O)Nc2ncccc2O)CCCC1. The molecule has 1 aliphatic carbocycles. The van der Waals surface area contributed by atoms with Gasteiger partial charge < -0.3 is 16.2 Å². The van der Waals surface area contributed by atoms with Crippen molar-refractivity contribution < 1.29 is 9.90 Å². The minimum absolute atomic E-state index is 0. The summed E-state index contributed by atoms with van der Waals surface area (Å²) in [6.45, 7) is 0.340. The van der Waals surface area contributed by atoms with Crippen molar-refractivity contribution in [2.45, 2.75) is 25.7 Å². The van der Waals surface area contributed by atoms with Gasteiger partial charge in [0, 0.05) is 12.7 Å². The van der Waals surface area contributed by atoms with E-state index in [9.17, 15) is 9.90 Å². The zero-order chi connectivity index (χ0) is 12.3. The third-order valence-corrected chi connectivity index (χ3v) is 3.45. The fourth-order valence-electron chi connectivity index (χ4n) is 2.31. The van der Waals surface area contributed by atoms with Crippen LogP contribution in [0.2, 0.25) is 0 Å². The van der Waals surface area contributed by atoms with E-state index in [-0.39, 0.29) is 29.9 Å². The first-order valence-corrected chi connectivity index (χ1v) is 5.83. The Kier molecular flexibility index (Phi) is 4.93. The molecule has 0 spiro atoms. The molecule has 1 fully saturated rings. The predicted molar refractivity (Wildman–Crippen MR) is 71.7 cm³/mol. The number of hydrogen-bond acceptors (Lipinski definition) is 4. The van der Waals surface area contributed by atoms with E-state index in [1.165, 1.54) is 12.3 Å². The summed E-state index contributed by atoms with van der Waals surface area (Å²) in [6.07, 6.45) is 5.20. The van der Waals surface area contributed by atoms with Crippen molar-refractivity contribution in [3.05, 3.63) is 18.3 Å². The van der Waals surface area contributed by atoms with Crippen LogP contribution in [-0.4, -0.2) is 22.5 Å². The lowest BCUT2D eigenvalue weighted by molar-refractivity contribution is -0.124. The van der Waals surface area contributed by atoms with Gasteiger partial charge in [-0.1, -0.05) is 12.8 Å². The molecule has 1 aromatic rings. The van der Waals surface area contributed by atoms with Gasteiger partial charge in [-0.3, -0.25) is 4.79 Å². The smallest absolute Gasteiger partial charge is 0.233 e. The lowest BCUT2D eigenvalue weighted by Gasteiger charge is -2.25. The van der Waals surface area contributed by atoms with Crippen LogP contribution in [0.3, 0.4) is 0 Å². The van der Waals surface area contributed by atoms with E-state index in [0.717, 1.165) is 25.7 Å². The van der Waals surface area contributed by atoms with Crippen molar-refractivity contribution in [3.63, 3.8) is 0 Å². The standard InChI is InChI=1S/C12H17N3O2.ClH/c13-8-12(5-1-2-6-12)11(17)15-10-9(16)4-3-7-14-10;/h3-4,7,16H,1-2,5-6,8,13H2,(H,14,15,17);1H. The van der Waals surface area contributed by atoms with Gasteiger partial charge >= 0.3 is 0 Å². The number of rotatable bonds is 3. The molecule has 1 saturated carbocycles. The van der Waals surface area contributed by atoms with Crippen LogP contribution < -0.4 is 11.1 Å². The molecule has 0 unspecified atom stereocenters. The third-order valence-electron chi connectivity index (χ3n) is 3.45. The number of halogens is 1. The van der Waals surface area contributed by atoms with Gasteiger partial charge in [0.15, 0.2) is 11.6 Å². The van der Waals surface area contributed by atoms with E-state index < -0.39 is 5.41 Å². The Morgan fingerprint density at radius 3 is 2.72 bits per heavy atom. The molecule has 1 amide bonds. The number of carbonyl (C=O) groups excluding carboxylic acids is 1. The third kappa shape index (κ3) is 2.73. The Morgan fingerprint density at radius 2 is 2.17 bits per heavy atom. The number of anilines is 1. The van der Waals surface area contributed by atoms with Crippen molar-refractivity contribution in [3.8, 4) is 5.75 Å². The average molecular weight is 272 g/mol. The fourth-order valence-corrected chi connectivity index (χ4v) is 2.31. The Balaban J connectivity index is 0.00000162. The average Bonchev–Trinajstić information content (AvgIpc) is 2.82. The number of pyridine rings is 1. The zero-order valence-electron chi connectivity index (χ0n) is 10.1. The Bertz CT molecular complexity index is 420. The fraction of sp³-hybridized carbons (Fsp3) is 0.500. The summed E-state index contributed by atoms with van der Waals surface area (Å²) in [5.74, 6) is 0.0507. The van der Waals surface area contributed by atoms with Crippen LogP contribution in [0.15, 0.2) is 18.3 Å². The first kappa shape index (κ1) is 14.7. The van der Waals surface area contributed by atoms with Gasteiger partial charge in [0.25, 0.3) is 0 Å². The molecule has 0 bridgehead atoms. The molecule has 6 heteroatoms. The van der Waals surface area contributed by atoms with Gasteiger partial charge in [-0.25, -0.2) is 4.98 Å². The monoisotopic (exact) mass is 271 g/mol. The van der Waals surface area contributed by atoms with Gasteiger partial charge in [-0.05, 0) is 25.0 Å². The summed E-state index contributed by atoms with van der Waals surface area (Å²) < 4.78 is 0. The lowest BCUT2D eigenvalue weighted by atomic mass is 9.85. The summed E-state index contributed by atoms with van der Waals surface area (Å²) in [4.78, 5) is 16.1. The molecule has 4 N–H and O–H groups in total. The highest BCUT2D eigenvalue weighted by atomic mass is 35.5. The molecular weight excluding hydrogens is 254 g/mol. The largest absolute Gasteiger partial charge is 0.504 e. The zero-order valence-corrected chi connectivity index (χ0v) is 10.9. The maximum Gasteiger partial charge on any atom is 0.233 e. The van der Waals surface area contributed by atoms with E-state index in [4.69, 9.17) is 5.73 Å². The Labute approximate surface area is 112 Å². The van der Waals surface area contributed by atoms with Crippen LogP contribution >= 0.6 is 12.4 Å². The molecule has 0 aromatic carbocycles. The molecule has 0 aliphatic heterocycles. The molecule has 5 nitrogen and oxygen atoms in total. The van der Waals surface area contributed by atoms with Crippen LogP contribution in [0.1, 0.15) is 25.7 Å². The van der Waals surface area contributed by atoms with Crippen LogP contribution in [0, 0.1) is 5.41 Å². The van der Waals surface area contributed by atoms with Crippen LogP contribution in [0.5, 0.6) is 5.75 Å². The van der Waals surface area contributed by atoms with E-state index in [2.05, 4.69) is 10.3 Å². The highest BCUT2D eigenvalue weighted by molar-refractivity contribution is 5.95. The van der Waals surface area contributed by atoms with Gasteiger partial charge in [0.2, 0.25) is 5.91 Å². The first-order valence-electron chi connectivity index (χ1n) is 5.83. The van der Waals surface area contributed by atoms with Crippen LogP contribution in [0.4, 0.5) is 5.82 Å². The summed E-state index contributed by atoms with van der Waals surface area (Å²) in [5, 5.41) is 12.2. The van der Waals surface area contributed by atoms with E-state index >= 15 is 0 Å². The van der Waals surface area contributed by atoms with Crippen molar-refractivity contribution in [2.24, 2.45) is 11.1 Å². The maximum absolute atomic E-state index is 12.2. The maximum atomic E-state index is 12.2. The van der Waals surface area contributed by atoms with Crippen molar-refractivity contribution >= 4 is 24.1 Å². The molecule has 18 heavy (non-hydrogen) atoms. The Hall–Kier alpha value is -1.33. The number of amides is 1. The molecule has 1 aromatic heterocycles. The number of nitrogens with zero attached hydrogens (tertiary/aromatic N) is 1. The van der Waals surface area contributed by atoms with Crippen molar-refractivity contribution in [2.75, 3.05) is 11.9 Å². The highest BCUT2D eigenvalue weighted by Crippen LogP contribution is 2.38. The second-order valence-corrected chi connectivity index (χ2v) is 4.52. The number of aromatic nitrogens is 1. The molecule has 100 valence electrons.